The van der Waals surface area contributed by atoms with E-state index in [-0.39, 0.29) is 9.80 Å². The predicted molar refractivity (Wildman–Crippen MR) is 82.4 cm³/mol. The van der Waals surface area contributed by atoms with Crippen LogP contribution in [0.2, 0.25) is 5.02 Å². The molecule has 0 bridgehead atoms. The van der Waals surface area contributed by atoms with Crippen LogP contribution in [0.15, 0.2) is 70.6 Å². The number of anilines is 1. The summed E-state index contributed by atoms with van der Waals surface area (Å²) in [7, 11) is -3.86. The molecule has 0 amide bonds. The minimum atomic E-state index is -3.86. The molecule has 0 fully saturated rings. The van der Waals surface area contributed by atoms with E-state index in [0.29, 0.717) is 10.7 Å². The lowest BCUT2D eigenvalue weighted by atomic mass is 10.3. The van der Waals surface area contributed by atoms with E-state index in [1.165, 1.54) is 30.5 Å². The third-order valence-electron chi connectivity index (χ3n) is 2.67. The van der Waals surface area contributed by atoms with Gasteiger partial charge in [-0.05, 0) is 36.4 Å². The Morgan fingerprint density at radius 1 is 1.10 bits per heavy atom. The number of sulfone groups is 1. The van der Waals surface area contributed by atoms with Gasteiger partial charge in [0.05, 0.1) is 4.90 Å². The van der Waals surface area contributed by atoms with Gasteiger partial charge in [-0.25, -0.2) is 8.42 Å². The van der Waals surface area contributed by atoms with Crippen LogP contribution >= 0.6 is 11.6 Å². The van der Waals surface area contributed by atoms with Gasteiger partial charge >= 0.3 is 0 Å². The molecule has 0 heterocycles. The summed E-state index contributed by atoms with van der Waals surface area (Å²) in [6.07, 6.45) is 1.18. The summed E-state index contributed by atoms with van der Waals surface area (Å²) < 4.78 is 24.6. The van der Waals surface area contributed by atoms with Crippen molar-refractivity contribution >= 4 is 27.1 Å². The monoisotopic (exact) mass is 318 g/mol. The zero-order valence-electron chi connectivity index (χ0n) is 10.8. The van der Waals surface area contributed by atoms with Gasteiger partial charge in [0, 0.05) is 16.9 Å². The maximum absolute atomic E-state index is 12.3. The highest BCUT2D eigenvalue weighted by atomic mass is 35.5. The quantitative estimate of drug-likeness (QED) is 0.875. The molecule has 21 heavy (non-hydrogen) atoms. The van der Waals surface area contributed by atoms with Crippen LogP contribution in [0.1, 0.15) is 0 Å². The largest absolute Gasteiger partial charge is 0.360 e. The average molecular weight is 319 g/mol. The predicted octanol–water partition coefficient (Wildman–Crippen LogP) is 3.59. The molecule has 1 N–H and O–H groups in total. The summed E-state index contributed by atoms with van der Waals surface area (Å²) in [6, 6.07) is 16.3. The molecule has 0 radical (unpaired) electrons. The molecule has 2 rings (SSSR count). The normalized spacial score (nSPS) is 11.7. The molecule has 6 heteroatoms. The number of nitriles is 1. The molecular weight excluding hydrogens is 308 g/mol. The van der Waals surface area contributed by atoms with Gasteiger partial charge in [-0.3, -0.25) is 0 Å². The van der Waals surface area contributed by atoms with Crippen molar-refractivity contribution in [1.29, 1.82) is 5.26 Å². The topological polar surface area (TPSA) is 70.0 Å². The lowest BCUT2D eigenvalue weighted by Gasteiger charge is -2.04. The first-order valence-electron chi connectivity index (χ1n) is 5.96. The minimum absolute atomic E-state index is 0.0227. The number of hydrogen-bond acceptors (Lipinski definition) is 4. The van der Waals surface area contributed by atoms with E-state index in [1.54, 1.807) is 30.3 Å². The van der Waals surface area contributed by atoms with Crippen LogP contribution in [0.4, 0.5) is 5.69 Å². The molecule has 0 atom stereocenters. The summed E-state index contributed by atoms with van der Waals surface area (Å²) in [4.78, 5) is -0.344. The second-order valence-electron chi connectivity index (χ2n) is 4.09. The molecule has 0 unspecified atom stereocenters. The molecule has 0 aliphatic heterocycles. The van der Waals surface area contributed by atoms with Gasteiger partial charge in [0.1, 0.15) is 6.07 Å². The average Bonchev–Trinajstić information content (AvgIpc) is 2.49. The zero-order valence-corrected chi connectivity index (χ0v) is 12.4. The molecule has 0 aliphatic carbocycles. The Morgan fingerprint density at radius 2 is 1.71 bits per heavy atom. The SMILES string of the molecule is N#C/C(=C\Nc1ccccc1)S(=O)(=O)c1ccc(Cl)cc1. The Balaban J connectivity index is 2.32. The number of para-hydroxylation sites is 1. The van der Waals surface area contributed by atoms with E-state index in [0.717, 1.165) is 0 Å². The first-order valence-corrected chi connectivity index (χ1v) is 7.82. The molecule has 0 aromatic heterocycles. The molecular formula is C15H11ClN2O2S. The zero-order chi connectivity index (χ0) is 15.3. The number of allylic oxidation sites excluding steroid dienone is 1. The molecule has 106 valence electrons. The van der Waals surface area contributed by atoms with Crippen molar-refractivity contribution in [2.45, 2.75) is 4.90 Å². The third kappa shape index (κ3) is 3.63. The Labute approximate surface area is 128 Å². The van der Waals surface area contributed by atoms with Crippen LogP contribution in [-0.4, -0.2) is 8.42 Å². The minimum Gasteiger partial charge on any atom is -0.360 e. The molecule has 2 aromatic rings. The van der Waals surface area contributed by atoms with Gasteiger partial charge in [0.2, 0.25) is 9.84 Å². The maximum Gasteiger partial charge on any atom is 0.218 e. The lowest BCUT2D eigenvalue weighted by molar-refractivity contribution is 0.603. The smallest absolute Gasteiger partial charge is 0.218 e. The standard InChI is InChI=1S/C15H11ClN2O2S/c16-12-6-8-14(9-7-12)21(19,20)15(10-17)11-18-13-4-2-1-3-5-13/h1-9,11,18H/b15-11+. The van der Waals surface area contributed by atoms with Crippen LogP contribution in [0.5, 0.6) is 0 Å². The molecule has 0 aliphatic rings. The summed E-state index contributed by atoms with van der Waals surface area (Å²) in [5.41, 5.74) is 0.691. The Bertz CT molecular complexity index is 792. The van der Waals surface area contributed by atoms with E-state index in [9.17, 15) is 8.42 Å². The first kappa shape index (κ1) is 15.1. The Kier molecular flexibility index (Phi) is 4.63. The van der Waals surface area contributed by atoms with Crippen LogP contribution in [0.25, 0.3) is 0 Å². The van der Waals surface area contributed by atoms with Crippen molar-refractivity contribution < 1.29 is 8.42 Å². The van der Waals surface area contributed by atoms with E-state index < -0.39 is 9.84 Å². The second kappa shape index (κ2) is 6.44. The number of nitrogens with zero attached hydrogens (tertiary/aromatic N) is 1. The van der Waals surface area contributed by atoms with Crippen molar-refractivity contribution in [3.8, 4) is 6.07 Å². The van der Waals surface area contributed by atoms with Crippen molar-refractivity contribution in [3.05, 3.63) is 70.7 Å². The summed E-state index contributed by atoms with van der Waals surface area (Å²) in [6.45, 7) is 0. The fourth-order valence-electron chi connectivity index (χ4n) is 1.59. The van der Waals surface area contributed by atoms with Gasteiger partial charge in [0.25, 0.3) is 0 Å². The third-order valence-corrected chi connectivity index (χ3v) is 4.60. The number of benzene rings is 2. The van der Waals surface area contributed by atoms with Gasteiger partial charge in [-0.1, -0.05) is 29.8 Å². The van der Waals surface area contributed by atoms with Crippen molar-refractivity contribution in [1.82, 2.24) is 0 Å². The molecule has 0 spiro atoms. The lowest BCUT2D eigenvalue weighted by Crippen LogP contribution is -2.05. The number of rotatable bonds is 4. The van der Waals surface area contributed by atoms with Gasteiger partial charge in [-0.2, -0.15) is 5.26 Å². The summed E-state index contributed by atoms with van der Waals surface area (Å²) >= 11 is 5.73. The fourth-order valence-corrected chi connectivity index (χ4v) is 2.80. The number of nitrogens with one attached hydrogen (secondary N) is 1. The van der Waals surface area contributed by atoms with Crippen LogP contribution < -0.4 is 5.32 Å². The fraction of sp³-hybridized carbons (Fsp3) is 0. The molecule has 4 nitrogen and oxygen atoms in total. The second-order valence-corrected chi connectivity index (χ2v) is 6.44. The van der Waals surface area contributed by atoms with Crippen molar-refractivity contribution in [3.63, 3.8) is 0 Å². The van der Waals surface area contributed by atoms with Crippen molar-refractivity contribution in [2.24, 2.45) is 0 Å². The highest BCUT2D eigenvalue weighted by molar-refractivity contribution is 7.95. The highest BCUT2D eigenvalue weighted by Crippen LogP contribution is 2.21. The van der Waals surface area contributed by atoms with Gasteiger partial charge in [-0.15, -0.1) is 0 Å². The number of hydrogen-bond donors (Lipinski definition) is 1. The summed E-state index contributed by atoms with van der Waals surface area (Å²) in [5.74, 6) is 0. The first-order chi connectivity index (χ1) is 10.0. The molecule has 0 saturated carbocycles. The van der Waals surface area contributed by atoms with Crippen molar-refractivity contribution in [2.75, 3.05) is 5.32 Å². The highest BCUT2D eigenvalue weighted by Gasteiger charge is 2.20. The number of halogens is 1. The Morgan fingerprint density at radius 3 is 2.29 bits per heavy atom. The van der Waals surface area contributed by atoms with Crippen LogP contribution in [-0.2, 0) is 9.84 Å². The van der Waals surface area contributed by atoms with Gasteiger partial charge < -0.3 is 5.32 Å². The molecule has 2 aromatic carbocycles. The van der Waals surface area contributed by atoms with E-state index >= 15 is 0 Å². The van der Waals surface area contributed by atoms with E-state index in [1.807, 2.05) is 6.07 Å². The van der Waals surface area contributed by atoms with Crippen LogP contribution in [0, 0.1) is 11.3 Å². The van der Waals surface area contributed by atoms with Gasteiger partial charge in [0.15, 0.2) is 4.91 Å². The maximum atomic E-state index is 12.3. The van der Waals surface area contributed by atoms with E-state index in [4.69, 9.17) is 16.9 Å². The van der Waals surface area contributed by atoms with Crippen LogP contribution in [0.3, 0.4) is 0 Å². The Hall–Kier alpha value is -2.29. The molecule has 0 saturated heterocycles. The van der Waals surface area contributed by atoms with E-state index in [2.05, 4.69) is 5.32 Å². The summed E-state index contributed by atoms with van der Waals surface area (Å²) in [5, 5.41) is 12.3.